The predicted molar refractivity (Wildman–Crippen MR) is 188 cm³/mol. The Labute approximate surface area is 268 Å². The van der Waals surface area contributed by atoms with Crippen molar-refractivity contribution in [1.82, 2.24) is 0 Å². The Balaban J connectivity index is 1.24. The van der Waals surface area contributed by atoms with Crippen molar-refractivity contribution < 1.29 is 19.7 Å². The van der Waals surface area contributed by atoms with Crippen LogP contribution in [0.2, 0.25) is 0 Å². The minimum Gasteiger partial charge on any atom is -0.491 e. The summed E-state index contributed by atoms with van der Waals surface area (Å²) in [5, 5.41) is 24.1. The third-order valence-electron chi connectivity index (χ3n) is 8.34. The van der Waals surface area contributed by atoms with E-state index in [4.69, 9.17) is 9.47 Å². The summed E-state index contributed by atoms with van der Waals surface area (Å²) in [6.45, 7) is 0.135. The van der Waals surface area contributed by atoms with Crippen molar-refractivity contribution >= 4 is 21.5 Å². The molecule has 0 fully saturated rings. The van der Waals surface area contributed by atoms with Gasteiger partial charge in [-0.25, -0.2) is 0 Å². The Morgan fingerprint density at radius 1 is 0.348 bits per heavy atom. The second kappa shape index (κ2) is 13.3. The molecule has 0 aliphatic rings. The molecular weight excluding hydrogens is 568 g/mol. The Morgan fingerprint density at radius 3 is 1.09 bits per heavy atom. The first-order chi connectivity index (χ1) is 22.7. The van der Waals surface area contributed by atoms with E-state index in [1.54, 1.807) is 0 Å². The fourth-order valence-electron chi connectivity index (χ4n) is 5.98. The van der Waals surface area contributed by atoms with E-state index in [0.717, 1.165) is 44.5 Å². The zero-order valence-corrected chi connectivity index (χ0v) is 25.4. The van der Waals surface area contributed by atoms with Crippen LogP contribution in [0.25, 0.3) is 66.1 Å². The summed E-state index contributed by atoms with van der Waals surface area (Å²) >= 11 is 0. The Morgan fingerprint density at radius 2 is 0.696 bits per heavy atom. The number of hydrogen-bond acceptors (Lipinski definition) is 4. The molecule has 0 heterocycles. The van der Waals surface area contributed by atoms with E-state index >= 15 is 0 Å². The molecule has 0 amide bonds. The number of aliphatic hydroxyl groups excluding tert-OH is 2. The van der Waals surface area contributed by atoms with Crippen LogP contribution >= 0.6 is 0 Å². The molecule has 0 aromatic heterocycles. The van der Waals surface area contributed by atoms with E-state index in [1.165, 1.54) is 21.5 Å². The highest BCUT2D eigenvalue weighted by Gasteiger charge is 2.16. The van der Waals surface area contributed by atoms with Crippen LogP contribution in [-0.2, 0) is 0 Å². The lowest BCUT2D eigenvalue weighted by molar-refractivity contribution is 0.199. The predicted octanol–water partition coefficient (Wildman–Crippen LogP) is 9.40. The monoisotopic (exact) mass is 602 g/mol. The molecule has 0 spiro atoms. The molecule has 46 heavy (non-hydrogen) atoms. The lowest BCUT2D eigenvalue weighted by atomic mass is 9.94. The van der Waals surface area contributed by atoms with Gasteiger partial charge in [0, 0.05) is 11.1 Å². The SMILES string of the molecule is OCCOc1cc(-c2ccc(-c3ccc4ccccc4c3)cc2)c(OCCO)cc1-c1ccc(-c2ccc3ccccc3c2)cc1. The fourth-order valence-corrected chi connectivity index (χ4v) is 5.98. The molecule has 0 aliphatic heterocycles. The van der Waals surface area contributed by atoms with Gasteiger partial charge in [0.15, 0.2) is 0 Å². The second-order valence-electron chi connectivity index (χ2n) is 11.3. The van der Waals surface area contributed by atoms with Crippen molar-refractivity contribution in [2.45, 2.75) is 0 Å². The molecule has 0 bridgehead atoms. The highest BCUT2D eigenvalue weighted by Crippen LogP contribution is 2.42. The van der Waals surface area contributed by atoms with Crippen molar-refractivity contribution in [3.05, 3.63) is 146 Å². The van der Waals surface area contributed by atoms with Crippen molar-refractivity contribution in [2.75, 3.05) is 26.4 Å². The zero-order chi connectivity index (χ0) is 31.3. The topological polar surface area (TPSA) is 58.9 Å². The Kier molecular flexibility index (Phi) is 8.46. The van der Waals surface area contributed by atoms with Crippen molar-refractivity contribution in [3.8, 4) is 56.0 Å². The van der Waals surface area contributed by atoms with Gasteiger partial charge in [-0.2, -0.15) is 0 Å². The minimum atomic E-state index is -0.0983. The summed E-state index contributed by atoms with van der Waals surface area (Å²) in [4.78, 5) is 0. The molecule has 0 saturated carbocycles. The maximum absolute atomic E-state index is 9.61. The lowest BCUT2D eigenvalue weighted by Gasteiger charge is -2.18. The largest absolute Gasteiger partial charge is 0.491 e. The van der Waals surface area contributed by atoms with Gasteiger partial charge in [-0.3, -0.25) is 0 Å². The third kappa shape index (κ3) is 6.09. The van der Waals surface area contributed by atoms with E-state index < -0.39 is 0 Å². The van der Waals surface area contributed by atoms with Gasteiger partial charge >= 0.3 is 0 Å². The molecule has 4 nitrogen and oxygen atoms in total. The van der Waals surface area contributed by atoms with Gasteiger partial charge in [-0.05, 0) is 79.2 Å². The summed E-state index contributed by atoms with van der Waals surface area (Å²) in [5.74, 6) is 1.30. The number of rotatable bonds is 10. The normalized spacial score (nSPS) is 11.2. The van der Waals surface area contributed by atoms with Gasteiger partial charge in [0.2, 0.25) is 0 Å². The molecule has 0 unspecified atom stereocenters. The second-order valence-corrected chi connectivity index (χ2v) is 11.3. The maximum atomic E-state index is 9.61. The van der Waals surface area contributed by atoms with Gasteiger partial charge < -0.3 is 19.7 Å². The van der Waals surface area contributed by atoms with Crippen LogP contribution in [0.15, 0.2) is 146 Å². The van der Waals surface area contributed by atoms with Gasteiger partial charge in [0.25, 0.3) is 0 Å². The molecule has 2 N–H and O–H groups in total. The smallest absolute Gasteiger partial charge is 0.128 e. The Bertz CT molecular complexity index is 1960. The molecule has 0 aliphatic carbocycles. The van der Waals surface area contributed by atoms with Crippen molar-refractivity contribution in [1.29, 1.82) is 0 Å². The molecule has 0 radical (unpaired) electrons. The van der Waals surface area contributed by atoms with Crippen molar-refractivity contribution in [3.63, 3.8) is 0 Å². The van der Waals surface area contributed by atoms with Crippen LogP contribution in [0.3, 0.4) is 0 Å². The quantitative estimate of drug-likeness (QED) is 0.164. The number of hydrogen-bond donors (Lipinski definition) is 2. The summed E-state index contributed by atoms with van der Waals surface area (Å²) in [5.41, 5.74) is 8.16. The van der Waals surface area contributed by atoms with Gasteiger partial charge in [0.1, 0.15) is 24.7 Å². The number of fused-ring (bicyclic) bond motifs is 2. The van der Waals surface area contributed by atoms with E-state index in [1.807, 2.05) is 12.1 Å². The van der Waals surface area contributed by atoms with Crippen LogP contribution in [0.4, 0.5) is 0 Å². The summed E-state index contributed by atoms with van der Waals surface area (Å²) in [7, 11) is 0. The minimum absolute atomic E-state index is 0.0983. The molecular formula is C42H34O4. The maximum Gasteiger partial charge on any atom is 0.128 e. The molecule has 0 atom stereocenters. The van der Waals surface area contributed by atoms with Crippen LogP contribution in [0, 0.1) is 0 Å². The summed E-state index contributed by atoms with van der Waals surface area (Å²) in [6, 6.07) is 50.5. The van der Waals surface area contributed by atoms with Gasteiger partial charge in [0.05, 0.1) is 13.2 Å². The van der Waals surface area contributed by atoms with Crippen LogP contribution < -0.4 is 9.47 Å². The van der Waals surface area contributed by atoms with Crippen LogP contribution in [0.5, 0.6) is 11.5 Å². The van der Waals surface area contributed by atoms with E-state index in [2.05, 4.69) is 133 Å². The summed E-state index contributed by atoms with van der Waals surface area (Å²) < 4.78 is 12.2. The average molecular weight is 603 g/mol. The molecule has 7 aromatic carbocycles. The number of aliphatic hydroxyl groups is 2. The van der Waals surface area contributed by atoms with Crippen LogP contribution in [-0.4, -0.2) is 36.6 Å². The number of benzene rings is 7. The zero-order valence-electron chi connectivity index (χ0n) is 25.4. The van der Waals surface area contributed by atoms with Crippen molar-refractivity contribution in [2.24, 2.45) is 0 Å². The van der Waals surface area contributed by atoms with Gasteiger partial charge in [-0.1, -0.05) is 121 Å². The number of ether oxygens (including phenoxy) is 2. The average Bonchev–Trinajstić information content (AvgIpc) is 3.12. The molecule has 7 rings (SSSR count). The van der Waals surface area contributed by atoms with E-state index in [0.29, 0.717) is 11.5 Å². The molecule has 226 valence electrons. The first-order valence-corrected chi connectivity index (χ1v) is 15.5. The lowest BCUT2D eigenvalue weighted by Crippen LogP contribution is -2.06. The first kappa shape index (κ1) is 29.3. The highest BCUT2D eigenvalue weighted by molar-refractivity contribution is 5.89. The Hall–Kier alpha value is -5.42. The van der Waals surface area contributed by atoms with E-state index in [-0.39, 0.29) is 26.4 Å². The fraction of sp³-hybridized carbons (Fsp3) is 0.0952. The molecule has 0 saturated heterocycles. The first-order valence-electron chi connectivity index (χ1n) is 15.5. The standard InChI is InChI=1S/C42H34O4/c43-21-23-45-41-28-40(34-17-11-32(12-18-34)38-20-14-30-6-2-4-8-36(30)26-38)42(46-24-22-44)27-39(41)33-15-9-31(10-16-33)37-19-13-29-5-1-3-7-35(29)25-37/h1-20,25-28,43-44H,21-24H2. The summed E-state index contributed by atoms with van der Waals surface area (Å²) in [6.07, 6.45) is 0. The van der Waals surface area contributed by atoms with Crippen LogP contribution in [0.1, 0.15) is 0 Å². The van der Waals surface area contributed by atoms with E-state index in [9.17, 15) is 10.2 Å². The molecule has 7 aromatic rings. The molecule has 4 heteroatoms. The third-order valence-corrected chi connectivity index (χ3v) is 8.34. The van der Waals surface area contributed by atoms with Gasteiger partial charge in [-0.15, -0.1) is 0 Å². The highest BCUT2D eigenvalue weighted by atomic mass is 16.5.